The highest BCUT2D eigenvalue weighted by atomic mass is 16.3. The molecule has 0 N–H and O–H groups in total. The summed E-state index contributed by atoms with van der Waals surface area (Å²) in [5, 5.41) is 1.10. The molecule has 0 unspecified atom stereocenters. The van der Waals surface area contributed by atoms with Gasteiger partial charge in [-0.25, -0.2) is 4.98 Å². The fourth-order valence-electron chi connectivity index (χ4n) is 3.18. The van der Waals surface area contributed by atoms with Crippen molar-refractivity contribution in [1.82, 2.24) is 4.98 Å². The quantitative estimate of drug-likeness (QED) is 0.682. The smallest absolute Gasteiger partial charge is 0.226 e. The van der Waals surface area contributed by atoms with Crippen LogP contribution in [-0.2, 0) is 0 Å². The molecule has 0 fully saturated rings. The van der Waals surface area contributed by atoms with E-state index in [0.29, 0.717) is 0 Å². The van der Waals surface area contributed by atoms with Gasteiger partial charge < -0.3 is 9.32 Å². The molecule has 3 aromatic rings. The lowest BCUT2D eigenvalue weighted by Gasteiger charge is -2.28. The molecule has 2 aromatic heterocycles. The molecule has 3 nitrogen and oxygen atoms in total. The maximum absolute atomic E-state index is 5.38. The minimum absolute atomic E-state index is 0.718. The van der Waals surface area contributed by atoms with Gasteiger partial charge in [-0.05, 0) is 36.1 Å². The zero-order chi connectivity index (χ0) is 16.4. The Bertz CT molecular complexity index is 906. The molecule has 0 radical (unpaired) electrons. The monoisotopic (exact) mass is 316 g/mol. The summed E-state index contributed by atoms with van der Waals surface area (Å²) < 4.78 is 5.38. The summed E-state index contributed by atoms with van der Waals surface area (Å²) >= 11 is 0. The van der Waals surface area contributed by atoms with Crippen molar-refractivity contribution in [3.8, 4) is 0 Å². The zero-order valence-electron chi connectivity index (χ0n) is 13.8. The van der Waals surface area contributed by atoms with Gasteiger partial charge in [-0.2, -0.15) is 0 Å². The summed E-state index contributed by atoms with van der Waals surface area (Å²) in [6, 6.07) is 12.4. The number of furan rings is 1. The molecule has 3 heteroatoms. The number of rotatable bonds is 3. The Balaban J connectivity index is 1.51. The maximum atomic E-state index is 5.38. The number of allylic oxidation sites excluding steroid dienone is 1. The van der Waals surface area contributed by atoms with E-state index in [1.807, 2.05) is 18.3 Å². The molecule has 4 rings (SSSR count). The van der Waals surface area contributed by atoms with Crippen molar-refractivity contribution in [3.63, 3.8) is 0 Å². The summed E-state index contributed by atoms with van der Waals surface area (Å²) in [5.41, 5.74) is 5.79. The standard InChI is InChI=1S/C21H20N2O/c1-16-19-11-14-24-21(19)22-15-20(16)23-12-9-18(10-13-23)8-7-17-5-3-2-4-6-17/h2-9,11,14-15H,10,12-13H2,1H3. The van der Waals surface area contributed by atoms with Gasteiger partial charge in [0.25, 0.3) is 0 Å². The Morgan fingerprint density at radius 3 is 2.79 bits per heavy atom. The number of benzene rings is 1. The van der Waals surface area contributed by atoms with Crippen molar-refractivity contribution in [2.45, 2.75) is 13.3 Å². The Kier molecular flexibility index (Phi) is 3.91. The molecule has 0 aliphatic carbocycles. The average molecular weight is 316 g/mol. The van der Waals surface area contributed by atoms with E-state index in [1.54, 1.807) is 6.26 Å². The van der Waals surface area contributed by atoms with Crippen LogP contribution in [0.15, 0.2) is 71.0 Å². The summed E-state index contributed by atoms with van der Waals surface area (Å²) in [5.74, 6) is 0. The van der Waals surface area contributed by atoms with Crippen LogP contribution in [0.1, 0.15) is 17.5 Å². The Morgan fingerprint density at radius 1 is 1.12 bits per heavy atom. The molecule has 1 aliphatic heterocycles. The molecule has 0 bridgehead atoms. The van der Waals surface area contributed by atoms with Gasteiger partial charge in [-0.15, -0.1) is 0 Å². The first-order chi connectivity index (χ1) is 11.8. The number of hydrogen-bond acceptors (Lipinski definition) is 3. The van der Waals surface area contributed by atoms with E-state index in [9.17, 15) is 0 Å². The second-order valence-corrected chi connectivity index (χ2v) is 6.13. The van der Waals surface area contributed by atoms with Gasteiger partial charge in [-0.3, -0.25) is 0 Å². The second kappa shape index (κ2) is 6.36. The lowest BCUT2D eigenvalue weighted by molar-refractivity contribution is 0.603. The maximum Gasteiger partial charge on any atom is 0.226 e. The fourth-order valence-corrected chi connectivity index (χ4v) is 3.18. The van der Waals surface area contributed by atoms with Gasteiger partial charge in [0.2, 0.25) is 5.71 Å². The summed E-state index contributed by atoms with van der Waals surface area (Å²) in [4.78, 5) is 6.81. The molecule has 0 atom stereocenters. The third kappa shape index (κ3) is 2.85. The van der Waals surface area contributed by atoms with Crippen LogP contribution in [0.2, 0.25) is 0 Å². The fraction of sp³-hybridized carbons (Fsp3) is 0.190. The number of nitrogens with zero attached hydrogens (tertiary/aromatic N) is 2. The van der Waals surface area contributed by atoms with E-state index in [1.165, 1.54) is 22.4 Å². The highest BCUT2D eigenvalue weighted by Gasteiger charge is 2.15. The predicted molar refractivity (Wildman–Crippen MR) is 99.1 cm³/mol. The summed E-state index contributed by atoms with van der Waals surface area (Å²) in [7, 11) is 0. The van der Waals surface area contributed by atoms with Crippen molar-refractivity contribution in [2.24, 2.45) is 0 Å². The highest BCUT2D eigenvalue weighted by molar-refractivity contribution is 5.83. The van der Waals surface area contributed by atoms with Gasteiger partial charge in [-0.1, -0.05) is 48.6 Å². The van der Waals surface area contributed by atoms with Crippen LogP contribution in [0.25, 0.3) is 17.2 Å². The summed E-state index contributed by atoms with van der Waals surface area (Å²) in [6.07, 6.45) is 11.4. The molecule has 1 aliphatic rings. The van der Waals surface area contributed by atoms with Gasteiger partial charge in [0.15, 0.2) is 0 Å². The molecule has 1 aromatic carbocycles. The average Bonchev–Trinajstić information content (AvgIpc) is 3.12. The normalized spacial score (nSPS) is 15.2. The molecule has 0 saturated heterocycles. The Morgan fingerprint density at radius 2 is 2.00 bits per heavy atom. The summed E-state index contributed by atoms with van der Waals surface area (Å²) in [6.45, 7) is 4.07. The molecule has 3 heterocycles. The molecule has 120 valence electrons. The largest absolute Gasteiger partial charge is 0.446 e. The van der Waals surface area contributed by atoms with E-state index >= 15 is 0 Å². The Hall–Kier alpha value is -2.81. The molecule has 0 spiro atoms. The van der Waals surface area contributed by atoms with Crippen molar-refractivity contribution in [2.75, 3.05) is 18.0 Å². The van der Waals surface area contributed by atoms with Crippen molar-refractivity contribution >= 4 is 22.9 Å². The lowest BCUT2D eigenvalue weighted by atomic mass is 10.0. The molecule has 0 saturated carbocycles. The third-order valence-electron chi connectivity index (χ3n) is 4.61. The minimum Gasteiger partial charge on any atom is -0.446 e. The van der Waals surface area contributed by atoms with Crippen LogP contribution >= 0.6 is 0 Å². The third-order valence-corrected chi connectivity index (χ3v) is 4.61. The van der Waals surface area contributed by atoms with Gasteiger partial charge in [0.1, 0.15) is 0 Å². The molecular formula is C21H20N2O. The van der Waals surface area contributed by atoms with Crippen LogP contribution in [0, 0.1) is 6.92 Å². The molecule has 24 heavy (non-hydrogen) atoms. The van der Waals surface area contributed by atoms with E-state index in [-0.39, 0.29) is 0 Å². The minimum atomic E-state index is 0.718. The number of fused-ring (bicyclic) bond motifs is 1. The Labute approximate surface area is 141 Å². The van der Waals surface area contributed by atoms with Crippen LogP contribution in [0.4, 0.5) is 5.69 Å². The molecular weight excluding hydrogens is 296 g/mol. The first-order valence-corrected chi connectivity index (χ1v) is 8.31. The number of anilines is 1. The van der Waals surface area contributed by atoms with E-state index < -0.39 is 0 Å². The van der Waals surface area contributed by atoms with Crippen LogP contribution in [-0.4, -0.2) is 18.1 Å². The lowest BCUT2D eigenvalue weighted by Crippen LogP contribution is -2.29. The number of aromatic nitrogens is 1. The topological polar surface area (TPSA) is 29.3 Å². The van der Waals surface area contributed by atoms with Crippen LogP contribution < -0.4 is 4.90 Å². The highest BCUT2D eigenvalue weighted by Crippen LogP contribution is 2.29. The predicted octanol–water partition coefficient (Wildman–Crippen LogP) is 4.99. The van der Waals surface area contributed by atoms with E-state index in [4.69, 9.17) is 4.42 Å². The first kappa shape index (κ1) is 14.8. The first-order valence-electron chi connectivity index (χ1n) is 8.31. The van der Waals surface area contributed by atoms with Crippen LogP contribution in [0.5, 0.6) is 0 Å². The van der Waals surface area contributed by atoms with Gasteiger partial charge >= 0.3 is 0 Å². The van der Waals surface area contributed by atoms with Crippen LogP contribution in [0.3, 0.4) is 0 Å². The van der Waals surface area contributed by atoms with Gasteiger partial charge in [0, 0.05) is 18.5 Å². The number of pyridine rings is 1. The van der Waals surface area contributed by atoms with Gasteiger partial charge in [0.05, 0.1) is 18.1 Å². The van der Waals surface area contributed by atoms with E-state index in [2.05, 4.69) is 59.3 Å². The molecule has 0 amide bonds. The van der Waals surface area contributed by atoms with Crippen molar-refractivity contribution < 1.29 is 4.42 Å². The SMILES string of the molecule is Cc1c(N2CC=C(C=Cc3ccccc3)CC2)cnc2occc12. The van der Waals surface area contributed by atoms with Crippen molar-refractivity contribution in [3.05, 3.63) is 77.7 Å². The number of aryl methyl sites for hydroxylation is 1. The van der Waals surface area contributed by atoms with Crippen molar-refractivity contribution in [1.29, 1.82) is 0 Å². The number of hydrogen-bond donors (Lipinski definition) is 0. The zero-order valence-corrected chi connectivity index (χ0v) is 13.8. The van der Waals surface area contributed by atoms with E-state index in [0.717, 1.165) is 30.6 Å². The second-order valence-electron chi connectivity index (χ2n) is 6.13.